The van der Waals surface area contributed by atoms with Crippen LogP contribution in [-0.2, 0) is 0 Å². The molecule has 0 unspecified atom stereocenters. The third-order valence-corrected chi connectivity index (χ3v) is 1.61. The van der Waals surface area contributed by atoms with Crippen molar-refractivity contribution in [2.75, 3.05) is 7.11 Å². The summed E-state index contributed by atoms with van der Waals surface area (Å²) >= 11 is 0. The molecular weight excluding hydrogens is 158 g/mol. The molecule has 0 aliphatic carbocycles. The average Bonchev–Trinajstić information content (AvgIpc) is 2.48. The van der Waals surface area contributed by atoms with E-state index in [1.807, 2.05) is 0 Å². The maximum absolute atomic E-state index is 11.1. The zero-order valence-electron chi connectivity index (χ0n) is 6.44. The number of aromatic nitrogens is 3. The van der Waals surface area contributed by atoms with E-state index in [-0.39, 0.29) is 5.69 Å². The molecule has 0 saturated heterocycles. The zero-order chi connectivity index (χ0) is 8.55. The highest BCUT2D eigenvalue weighted by molar-refractivity contribution is 5.39. The van der Waals surface area contributed by atoms with Crippen molar-refractivity contribution in [3.8, 4) is 5.88 Å². The monoisotopic (exact) mass is 165 g/mol. The summed E-state index contributed by atoms with van der Waals surface area (Å²) in [6.07, 6.45) is 0. The number of methoxy groups -OCH3 is 1. The van der Waals surface area contributed by atoms with Gasteiger partial charge in [0.05, 0.1) is 7.11 Å². The van der Waals surface area contributed by atoms with E-state index in [4.69, 9.17) is 4.74 Å². The molecule has 2 heterocycles. The molecule has 1 N–H and O–H groups in total. The van der Waals surface area contributed by atoms with Gasteiger partial charge in [0.2, 0.25) is 5.88 Å². The number of pyridine rings is 1. The minimum Gasteiger partial charge on any atom is -0.482 e. The standard InChI is InChI=1S/C7H7N3O2/c1-12-6-4-2-3-5-8-9-7(11)10(5)6/h2-4H,1H3,(H,9,11). The van der Waals surface area contributed by atoms with Gasteiger partial charge in [-0.05, 0) is 12.1 Å². The molecular formula is C7H7N3O2. The fourth-order valence-electron chi connectivity index (χ4n) is 1.08. The lowest BCUT2D eigenvalue weighted by atomic mass is 10.4. The first-order valence-electron chi connectivity index (χ1n) is 3.43. The Labute approximate surface area is 67.6 Å². The Morgan fingerprint density at radius 1 is 1.58 bits per heavy atom. The topological polar surface area (TPSA) is 59.4 Å². The molecule has 5 heteroatoms. The highest BCUT2D eigenvalue weighted by Crippen LogP contribution is 2.08. The summed E-state index contributed by atoms with van der Waals surface area (Å²) in [6, 6.07) is 5.19. The molecule has 12 heavy (non-hydrogen) atoms. The fourth-order valence-corrected chi connectivity index (χ4v) is 1.08. The van der Waals surface area contributed by atoms with Gasteiger partial charge < -0.3 is 4.74 Å². The molecule has 2 rings (SSSR count). The lowest BCUT2D eigenvalue weighted by molar-refractivity contribution is 0.390. The minimum absolute atomic E-state index is 0.289. The molecule has 0 aromatic carbocycles. The molecule has 5 nitrogen and oxygen atoms in total. The van der Waals surface area contributed by atoms with Crippen LogP contribution in [0.5, 0.6) is 5.88 Å². The Kier molecular flexibility index (Phi) is 1.36. The Bertz CT molecular complexity index is 457. The number of fused-ring (bicyclic) bond motifs is 1. The van der Waals surface area contributed by atoms with Gasteiger partial charge in [-0.1, -0.05) is 6.07 Å². The maximum atomic E-state index is 11.1. The zero-order valence-corrected chi connectivity index (χ0v) is 6.44. The summed E-state index contributed by atoms with van der Waals surface area (Å²) in [5.41, 5.74) is 0.266. The van der Waals surface area contributed by atoms with E-state index in [1.165, 1.54) is 11.5 Å². The number of aromatic amines is 1. The lowest BCUT2D eigenvalue weighted by Crippen LogP contribution is -2.11. The predicted molar refractivity (Wildman–Crippen MR) is 42.4 cm³/mol. The van der Waals surface area contributed by atoms with Crippen molar-refractivity contribution >= 4 is 5.65 Å². The van der Waals surface area contributed by atoms with Gasteiger partial charge in [0.15, 0.2) is 5.65 Å². The summed E-state index contributed by atoms with van der Waals surface area (Å²) in [5, 5.41) is 6.10. The number of rotatable bonds is 1. The van der Waals surface area contributed by atoms with Crippen LogP contribution in [0.3, 0.4) is 0 Å². The molecule has 2 aromatic heterocycles. The molecule has 2 aromatic rings. The third-order valence-electron chi connectivity index (χ3n) is 1.61. The first-order valence-corrected chi connectivity index (χ1v) is 3.43. The Morgan fingerprint density at radius 3 is 3.17 bits per heavy atom. The SMILES string of the molecule is COc1cccc2n[nH]c(=O)n12. The van der Waals surface area contributed by atoms with Gasteiger partial charge in [-0.25, -0.2) is 14.3 Å². The van der Waals surface area contributed by atoms with Crippen LogP contribution in [0.25, 0.3) is 5.65 Å². The van der Waals surface area contributed by atoms with E-state index >= 15 is 0 Å². The molecule has 62 valence electrons. The van der Waals surface area contributed by atoms with E-state index < -0.39 is 0 Å². The van der Waals surface area contributed by atoms with Gasteiger partial charge >= 0.3 is 5.69 Å². The van der Waals surface area contributed by atoms with Crippen molar-refractivity contribution in [1.29, 1.82) is 0 Å². The number of hydrogen-bond acceptors (Lipinski definition) is 3. The predicted octanol–water partition coefficient (Wildman–Crippen LogP) is 0.0312. The van der Waals surface area contributed by atoms with Gasteiger partial charge in [-0.2, -0.15) is 5.10 Å². The van der Waals surface area contributed by atoms with Gasteiger partial charge in [-0.3, -0.25) is 0 Å². The molecule has 0 saturated carbocycles. The summed E-state index contributed by atoms with van der Waals surface area (Å²) in [7, 11) is 1.51. The number of H-pyrrole nitrogens is 1. The quantitative estimate of drug-likeness (QED) is 0.648. The Hall–Kier alpha value is -1.78. The van der Waals surface area contributed by atoms with Crippen LogP contribution in [0, 0.1) is 0 Å². The van der Waals surface area contributed by atoms with E-state index in [2.05, 4.69) is 10.2 Å². The average molecular weight is 165 g/mol. The molecule has 0 atom stereocenters. The van der Waals surface area contributed by atoms with Crippen molar-refractivity contribution in [3.05, 3.63) is 28.7 Å². The summed E-state index contributed by atoms with van der Waals surface area (Å²) in [6.45, 7) is 0. The molecule has 0 amide bonds. The molecule has 0 aliphatic rings. The first kappa shape index (κ1) is 6.90. The first-order chi connectivity index (χ1) is 5.83. The second kappa shape index (κ2) is 2.37. The Balaban J connectivity index is 2.93. The summed E-state index contributed by atoms with van der Waals surface area (Å²) in [4.78, 5) is 11.1. The second-order valence-electron chi connectivity index (χ2n) is 2.29. The van der Waals surface area contributed by atoms with Crippen molar-refractivity contribution in [3.63, 3.8) is 0 Å². The normalized spacial score (nSPS) is 10.4. The van der Waals surface area contributed by atoms with E-state index in [1.54, 1.807) is 18.2 Å². The molecule has 0 bridgehead atoms. The van der Waals surface area contributed by atoms with Crippen LogP contribution in [0.15, 0.2) is 23.0 Å². The molecule has 0 radical (unpaired) electrons. The van der Waals surface area contributed by atoms with Crippen LogP contribution < -0.4 is 10.4 Å². The third kappa shape index (κ3) is 0.795. The summed E-state index contributed by atoms with van der Waals surface area (Å²) < 4.78 is 6.33. The van der Waals surface area contributed by atoms with E-state index in [0.717, 1.165) is 0 Å². The number of nitrogens with zero attached hydrogens (tertiary/aromatic N) is 2. The molecule has 0 fully saturated rings. The number of hydrogen-bond donors (Lipinski definition) is 1. The van der Waals surface area contributed by atoms with Crippen LogP contribution >= 0.6 is 0 Å². The molecule has 0 aliphatic heterocycles. The van der Waals surface area contributed by atoms with Gasteiger partial charge in [0, 0.05) is 0 Å². The van der Waals surface area contributed by atoms with Gasteiger partial charge in [0.1, 0.15) is 0 Å². The second-order valence-corrected chi connectivity index (χ2v) is 2.29. The Morgan fingerprint density at radius 2 is 2.42 bits per heavy atom. The highest BCUT2D eigenvalue weighted by Gasteiger charge is 2.03. The number of ether oxygens (including phenoxy) is 1. The highest BCUT2D eigenvalue weighted by atomic mass is 16.5. The minimum atomic E-state index is -0.289. The van der Waals surface area contributed by atoms with Gasteiger partial charge in [0.25, 0.3) is 0 Å². The van der Waals surface area contributed by atoms with Crippen LogP contribution in [0.2, 0.25) is 0 Å². The van der Waals surface area contributed by atoms with E-state index in [0.29, 0.717) is 11.5 Å². The van der Waals surface area contributed by atoms with Crippen molar-refractivity contribution in [2.45, 2.75) is 0 Å². The summed E-state index contributed by atoms with van der Waals surface area (Å²) in [5.74, 6) is 0.478. The largest absolute Gasteiger partial charge is 0.482 e. The maximum Gasteiger partial charge on any atom is 0.350 e. The van der Waals surface area contributed by atoms with Crippen LogP contribution in [0.1, 0.15) is 0 Å². The number of nitrogens with one attached hydrogen (secondary N) is 1. The molecule has 0 spiro atoms. The van der Waals surface area contributed by atoms with Crippen molar-refractivity contribution in [1.82, 2.24) is 14.6 Å². The smallest absolute Gasteiger partial charge is 0.350 e. The van der Waals surface area contributed by atoms with Crippen LogP contribution in [-0.4, -0.2) is 21.7 Å². The fraction of sp³-hybridized carbons (Fsp3) is 0.143. The van der Waals surface area contributed by atoms with E-state index in [9.17, 15) is 4.79 Å². The van der Waals surface area contributed by atoms with Crippen molar-refractivity contribution < 1.29 is 4.74 Å². The van der Waals surface area contributed by atoms with Crippen LogP contribution in [0.4, 0.5) is 0 Å². The van der Waals surface area contributed by atoms with Crippen molar-refractivity contribution in [2.24, 2.45) is 0 Å². The lowest BCUT2D eigenvalue weighted by Gasteiger charge is -1.99. The van der Waals surface area contributed by atoms with Gasteiger partial charge in [-0.15, -0.1) is 0 Å².